The molecular weight excluding hydrogens is 408 g/mol. The molecule has 0 bridgehead atoms. The van der Waals surface area contributed by atoms with E-state index in [2.05, 4.69) is 59.8 Å². The number of esters is 1. The fourth-order valence-electron chi connectivity index (χ4n) is 7.35. The van der Waals surface area contributed by atoms with E-state index in [0.29, 0.717) is 29.6 Å². The molecule has 0 heterocycles. The van der Waals surface area contributed by atoms with Crippen molar-refractivity contribution in [2.45, 2.75) is 105 Å². The van der Waals surface area contributed by atoms with Gasteiger partial charge in [0.2, 0.25) is 0 Å². The van der Waals surface area contributed by atoms with Gasteiger partial charge in [-0.2, -0.15) is 0 Å². The van der Waals surface area contributed by atoms with Gasteiger partial charge in [-0.15, -0.1) is 0 Å². The number of aliphatic hydroxyl groups excluding tert-OH is 1. The first-order chi connectivity index (χ1) is 15.5. The molecule has 4 rings (SSSR count). The molecule has 0 radical (unpaired) electrons. The van der Waals surface area contributed by atoms with E-state index in [-0.39, 0.29) is 17.5 Å². The van der Waals surface area contributed by atoms with Crippen molar-refractivity contribution in [3.05, 3.63) is 46.0 Å². The molecule has 1 N–H and O–H groups in total. The monoisotopic (exact) mass is 452 g/mol. The lowest BCUT2D eigenvalue weighted by atomic mass is 9.59. The highest BCUT2D eigenvalue weighted by Gasteiger charge is 2.53. The molecule has 0 amide bonds. The highest BCUT2D eigenvalue weighted by atomic mass is 16.5. The molecule has 7 atom stereocenters. The van der Waals surface area contributed by atoms with E-state index < -0.39 is 6.10 Å². The summed E-state index contributed by atoms with van der Waals surface area (Å²) >= 11 is 0. The van der Waals surface area contributed by atoms with Crippen molar-refractivity contribution in [2.24, 2.45) is 29.1 Å². The van der Waals surface area contributed by atoms with E-state index in [1.54, 1.807) is 0 Å². The Kier molecular flexibility index (Phi) is 6.84. The van der Waals surface area contributed by atoms with Crippen LogP contribution in [0.25, 0.3) is 0 Å². The quantitative estimate of drug-likeness (QED) is 0.393. The van der Waals surface area contributed by atoms with Crippen LogP contribution in [-0.2, 0) is 22.4 Å². The summed E-state index contributed by atoms with van der Waals surface area (Å²) in [5.74, 6) is 2.72. The summed E-state index contributed by atoms with van der Waals surface area (Å²) in [7, 11) is 0. The van der Waals surface area contributed by atoms with Gasteiger partial charge in [-0.25, -0.2) is 0 Å². The molecular formula is C30H44O3. The van der Waals surface area contributed by atoms with Crippen molar-refractivity contribution in [3.63, 3.8) is 0 Å². The third-order valence-corrected chi connectivity index (χ3v) is 9.54. The van der Waals surface area contributed by atoms with Crippen molar-refractivity contribution in [2.75, 3.05) is 0 Å². The lowest BCUT2D eigenvalue weighted by Gasteiger charge is -2.46. The van der Waals surface area contributed by atoms with Crippen molar-refractivity contribution in [1.29, 1.82) is 0 Å². The summed E-state index contributed by atoms with van der Waals surface area (Å²) in [5.41, 5.74) is 6.68. The van der Waals surface area contributed by atoms with Crippen molar-refractivity contribution < 1.29 is 14.6 Å². The van der Waals surface area contributed by atoms with Crippen LogP contribution in [0.2, 0.25) is 0 Å². The zero-order valence-corrected chi connectivity index (χ0v) is 21.8. The zero-order chi connectivity index (χ0) is 24.1. The average Bonchev–Trinajstić information content (AvgIpc) is 3.08. The van der Waals surface area contributed by atoms with Gasteiger partial charge in [-0.3, -0.25) is 4.79 Å². The Balaban J connectivity index is 1.64. The van der Waals surface area contributed by atoms with Gasteiger partial charge in [0.15, 0.2) is 0 Å². The number of benzene rings is 1. The minimum absolute atomic E-state index is 0.0329. The van der Waals surface area contributed by atoms with Gasteiger partial charge < -0.3 is 9.84 Å². The fourth-order valence-corrected chi connectivity index (χ4v) is 7.35. The van der Waals surface area contributed by atoms with Gasteiger partial charge in [0.1, 0.15) is 6.10 Å². The predicted octanol–water partition coefficient (Wildman–Crippen LogP) is 6.84. The summed E-state index contributed by atoms with van der Waals surface area (Å²) in [6.07, 6.45) is 10.4. The lowest BCUT2D eigenvalue weighted by Crippen LogP contribution is -2.37. The SMILES string of the molecule is CC(=O)O[C@H]1CCc2cc3c(c(C)c2C1)[C@H](O)C[C@]1(C)[C@@H]([C@H](C)/C=C/[C@H](C)C(C)C)CC[C@@H]31. The number of aliphatic hydroxyl groups is 1. The summed E-state index contributed by atoms with van der Waals surface area (Å²) in [5, 5.41) is 11.5. The summed E-state index contributed by atoms with van der Waals surface area (Å²) in [4.78, 5) is 11.5. The molecule has 1 saturated carbocycles. The van der Waals surface area contributed by atoms with E-state index >= 15 is 0 Å². The summed E-state index contributed by atoms with van der Waals surface area (Å²) in [6.45, 7) is 15.4. The topological polar surface area (TPSA) is 46.5 Å². The average molecular weight is 453 g/mol. The van der Waals surface area contributed by atoms with Crippen molar-refractivity contribution in [1.82, 2.24) is 0 Å². The Morgan fingerprint density at radius 3 is 2.58 bits per heavy atom. The lowest BCUT2D eigenvalue weighted by molar-refractivity contribution is -0.146. The van der Waals surface area contributed by atoms with Crippen LogP contribution < -0.4 is 0 Å². The molecule has 0 spiro atoms. The first-order valence-corrected chi connectivity index (χ1v) is 13.2. The van der Waals surface area contributed by atoms with E-state index in [9.17, 15) is 9.90 Å². The standard InChI is InChI=1S/C30H44O3/c1-17(2)18(3)8-9-19(4)26-12-13-27-25-14-22-10-11-23(33-21(6)31)15-24(22)20(5)29(25)28(32)16-30(26,27)7/h8-9,14,17-19,23,26-28,32H,10-13,15-16H2,1-7H3/b9-8+/t18-,19+,23-,26+,27-,28+,30+/m0/s1. The Hall–Kier alpha value is -1.61. The second kappa shape index (κ2) is 9.21. The number of carbonyl (C=O) groups excluding carboxylic acids is 1. The van der Waals surface area contributed by atoms with Crippen LogP contribution in [0.4, 0.5) is 0 Å². The molecule has 0 aromatic heterocycles. The van der Waals surface area contributed by atoms with Crippen LogP contribution in [0, 0.1) is 36.0 Å². The molecule has 182 valence electrons. The van der Waals surface area contributed by atoms with Gasteiger partial charge in [-0.1, -0.05) is 52.8 Å². The maximum atomic E-state index is 11.5. The van der Waals surface area contributed by atoms with Crippen LogP contribution in [0.15, 0.2) is 18.2 Å². The van der Waals surface area contributed by atoms with Crippen LogP contribution in [0.1, 0.15) is 107 Å². The Bertz CT molecular complexity index is 929. The summed E-state index contributed by atoms with van der Waals surface area (Å²) in [6, 6.07) is 2.43. The van der Waals surface area contributed by atoms with Crippen LogP contribution >= 0.6 is 0 Å². The minimum atomic E-state index is -0.410. The minimum Gasteiger partial charge on any atom is -0.462 e. The Morgan fingerprint density at radius 2 is 1.91 bits per heavy atom. The molecule has 33 heavy (non-hydrogen) atoms. The number of carbonyl (C=O) groups is 1. The van der Waals surface area contributed by atoms with Crippen LogP contribution in [-0.4, -0.2) is 17.2 Å². The molecule has 1 aromatic carbocycles. The molecule has 3 aliphatic rings. The smallest absolute Gasteiger partial charge is 0.302 e. The molecule has 3 aliphatic carbocycles. The maximum absolute atomic E-state index is 11.5. The maximum Gasteiger partial charge on any atom is 0.302 e. The first kappa shape index (κ1) is 24.5. The highest BCUT2D eigenvalue weighted by molar-refractivity contribution is 5.66. The fraction of sp³-hybridized carbons (Fsp3) is 0.700. The number of hydrogen-bond acceptors (Lipinski definition) is 3. The largest absolute Gasteiger partial charge is 0.462 e. The number of allylic oxidation sites excluding steroid dienone is 2. The Labute approximate surface area is 201 Å². The number of aryl methyl sites for hydroxylation is 1. The van der Waals surface area contributed by atoms with Gasteiger partial charge in [0.05, 0.1) is 6.10 Å². The van der Waals surface area contributed by atoms with E-state index in [1.807, 2.05) is 0 Å². The normalized spacial score (nSPS) is 32.9. The van der Waals surface area contributed by atoms with Gasteiger partial charge >= 0.3 is 5.97 Å². The van der Waals surface area contributed by atoms with E-state index in [0.717, 1.165) is 25.7 Å². The van der Waals surface area contributed by atoms with E-state index in [1.165, 1.54) is 47.6 Å². The van der Waals surface area contributed by atoms with Gasteiger partial charge in [0.25, 0.3) is 0 Å². The molecule has 3 nitrogen and oxygen atoms in total. The third-order valence-electron chi connectivity index (χ3n) is 9.54. The van der Waals surface area contributed by atoms with Gasteiger partial charge in [-0.05, 0) is 102 Å². The number of fused-ring (bicyclic) bond motifs is 4. The second-order valence-electron chi connectivity index (χ2n) is 11.9. The van der Waals surface area contributed by atoms with Crippen LogP contribution in [0.3, 0.4) is 0 Å². The molecule has 1 fully saturated rings. The highest BCUT2D eigenvalue weighted by Crippen LogP contribution is 2.63. The summed E-state index contributed by atoms with van der Waals surface area (Å²) < 4.78 is 5.55. The van der Waals surface area contributed by atoms with Crippen molar-refractivity contribution >= 4 is 5.97 Å². The molecule has 1 aromatic rings. The molecule has 0 saturated heterocycles. The Morgan fingerprint density at radius 1 is 1.18 bits per heavy atom. The van der Waals surface area contributed by atoms with E-state index in [4.69, 9.17) is 4.74 Å². The predicted molar refractivity (Wildman–Crippen MR) is 134 cm³/mol. The molecule has 0 unspecified atom stereocenters. The molecule has 0 aliphatic heterocycles. The van der Waals surface area contributed by atoms with Crippen LogP contribution in [0.5, 0.6) is 0 Å². The number of ether oxygens (including phenoxy) is 1. The second-order valence-corrected chi connectivity index (χ2v) is 11.9. The molecule has 3 heteroatoms. The number of hydrogen-bond donors (Lipinski definition) is 1. The first-order valence-electron chi connectivity index (χ1n) is 13.2. The van der Waals surface area contributed by atoms with Crippen molar-refractivity contribution in [3.8, 4) is 0 Å². The van der Waals surface area contributed by atoms with Gasteiger partial charge in [0, 0.05) is 13.3 Å². The third kappa shape index (κ3) is 4.43. The zero-order valence-electron chi connectivity index (χ0n) is 21.8. The number of rotatable bonds is 5.